The molecule has 0 radical (unpaired) electrons. The van der Waals surface area contributed by atoms with Gasteiger partial charge < -0.3 is 19.3 Å². The molecule has 9 heteroatoms. The summed E-state index contributed by atoms with van der Waals surface area (Å²) in [6, 6.07) is 18.4. The predicted molar refractivity (Wildman–Crippen MR) is 144 cm³/mol. The Kier molecular flexibility index (Phi) is 7.85. The Morgan fingerprint density at radius 2 is 1.65 bits per heavy atom. The van der Waals surface area contributed by atoms with Crippen molar-refractivity contribution in [1.82, 2.24) is 9.80 Å². The summed E-state index contributed by atoms with van der Waals surface area (Å²) in [5.41, 5.74) is 3.17. The highest BCUT2D eigenvalue weighted by atomic mass is 19.4. The van der Waals surface area contributed by atoms with E-state index < -0.39 is 18.0 Å². The molecule has 0 bridgehead atoms. The van der Waals surface area contributed by atoms with Crippen molar-refractivity contribution < 1.29 is 32.2 Å². The zero-order valence-corrected chi connectivity index (χ0v) is 22.4. The molecule has 2 amide bonds. The van der Waals surface area contributed by atoms with E-state index in [-0.39, 0.29) is 24.2 Å². The lowest BCUT2D eigenvalue weighted by atomic mass is 9.94. The number of rotatable bonds is 5. The normalized spacial score (nSPS) is 17.6. The summed E-state index contributed by atoms with van der Waals surface area (Å²) in [6.45, 7) is 1.41. The highest BCUT2D eigenvalue weighted by molar-refractivity contribution is 5.94. The third-order valence-corrected chi connectivity index (χ3v) is 7.46. The standard InChI is InChI=1S/C31H31F3N2O4/c1-35(2)29(38)22-8-6-21(7-9-22)24-10-11-27-25(18-24)19-39-30(40-27)23-12-14-36(15-13-23)28(37)17-20-4-3-5-26(16-20)31(32,33)34/h3-11,16,18,23,30H,12-15,17,19H2,1-2H3. The molecule has 3 aromatic carbocycles. The Bertz CT molecular complexity index is 1380. The van der Waals surface area contributed by atoms with Crippen LogP contribution in [0.2, 0.25) is 0 Å². The monoisotopic (exact) mass is 552 g/mol. The van der Waals surface area contributed by atoms with Crippen LogP contribution in [-0.4, -0.2) is 55.1 Å². The number of likely N-dealkylation sites (tertiary alicyclic amines) is 1. The molecular weight excluding hydrogens is 521 g/mol. The van der Waals surface area contributed by atoms with Crippen LogP contribution < -0.4 is 4.74 Å². The van der Waals surface area contributed by atoms with Crippen LogP contribution in [0.15, 0.2) is 66.7 Å². The van der Waals surface area contributed by atoms with E-state index >= 15 is 0 Å². The smallest absolute Gasteiger partial charge is 0.416 e. The molecule has 0 aromatic heterocycles. The first-order chi connectivity index (χ1) is 19.1. The molecule has 6 nitrogen and oxygen atoms in total. The van der Waals surface area contributed by atoms with Gasteiger partial charge in [-0.25, -0.2) is 0 Å². The van der Waals surface area contributed by atoms with E-state index in [4.69, 9.17) is 9.47 Å². The predicted octanol–water partition coefficient (Wildman–Crippen LogP) is 5.79. The lowest BCUT2D eigenvalue weighted by Crippen LogP contribution is -2.44. The highest BCUT2D eigenvalue weighted by Crippen LogP contribution is 2.35. The summed E-state index contributed by atoms with van der Waals surface area (Å²) in [4.78, 5) is 28.2. The molecule has 1 fully saturated rings. The van der Waals surface area contributed by atoms with Gasteiger partial charge in [-0.05, 0) is 59.9 Å². The van der Waals surface area contributed by atoms with Gasteiger partial charge in [0.05, 0.1) is 18.6 Å². The maximum Gasteiger partial charge on any atom is 0.416 e. The maximum absolute atomic E-state index is 13.0. The van der Waals surface area contributed by atoms with E-state index in [2.05, 4.69) is 0 Å². The Balaban J connectivity index is 1.16. The van der Waals surface area contributed by atoms with Crippen molar-refractivity contribution in [2.45, 2.75) is 38.3 Å². The van der Waals surface area contributed by atoms with Crippen molar-refractivity contribution in [3.8, 4) is 16.9 Å². The molecule has 0 aliphatic carbocycles. The van der Waals surface area contributed by atoms with E-state index in [1.807, 2.05) is 42.5 Å². The molecule has 1 atom stereocenters. The molecule has 2 aliphatic heterocycles. The number of ether oxygens (including phenoxy) is 2. The molecule has 40 heavy (non-hydrogen) atoms. The molecule has 0 N–H and O–H groups in total. The number of halogens is 3. The van der Waals surface area contributed by atoms with E-state index in [9.17, 15) is 22.8 Å². The Labute approximate surface area is 231 Å². The van der Waals surface area contributed by atoms with Crippen molar-refractivity contribution in [1.29, 1.82) is 0 Å². The second-order valence-corrected chi connectivity index (χ2v) is 10.5. The SMILES string of the molecule is CN(C)C(=O)c1ccc(-c2ccc3c(c2)COC(C2CCN(C(=O)Cc4cccc(C(F)(F)F)c4)CC2)O3)cc1. The fourth-order valence-corrected chi connectivity index (χ4v) is 5.18. The minimum Gasteiger partial charge on any atom is -0.464 e. The van der Waals surface area contributed by atoms with Gasteiger partial charge in [-0.3, -0.25) is 9.59 Å². The molecule has 0 saturated carbocycles. The van der Waals surface area contributed by atoms with Crippen molar-refractivity contribution >= 4 is 11.8 Å². The van der Waals surface area contributed by atoms with E-state index in [0.29, 0.717) is 43.7 Å². The lowest BCUT2D eigenvalue weighted by Gasteiger charge is -2.37. The number of piperidine rings is 1. The van der Waals surface area contributed by atoms with Crippen LogP contribution in [-0.2, 0) is 28.7 Å². The zero-order chi connectivity index (χ0) is 28.4. The number of carbonyl (C=O) groups is 2. The number of carbonyl (C=O) groups excluding carboxylic acids is 2. The third kappa shape index (κ3) is 6.14. The summed E-state index contributed by atoms with van der Waals surface area (Å²) in [5, 5.41) is 0. The average molecular weight is 553 g/mol. The molecule has 5 rings (SSSR count). The van der Waals surface area contributed by atoms with Crippen LogP contribution in [0.4, 0.5) is 13.2 Å². The number of hydrogen-bond acceptors (Lipinski definition) is 4. The number of benzene rings is 3. The molecule has 1 saturated heterocycles. The van der Waals surface area contributed by atoms with Gasteiger partial charge in [0.2, 0.25) is 12.2 Å². The molecular formula is C31H31F3N2O4. The quantitative estimate of drug-likeness (QED) is 0.402. The molecule has 2 aliphatic rings. The van der Waals surface area contributed by atoms with Crippen LogP contribution in [0.25, 0.3) is 11.1 Å². The second kappa shape index (κ2) is 11.3. The number of alkyl halides is 3. The van der Waals surface area contributed by atoms with Gasteiger partial charge in [0.1, 0.15) is 5.75 Å². The maximum atomic E-state index is 13.0. The fourth-order valence-electron chi connectivity index (χ4n) is 5.18. The lowest BCUT2D eigenvalue weighted by molar-refractivity contribution is -0.154. The minimum atomic E-state index is -4.43. The highest BCUT2D eigenvalue weighted by Gasteiger charge is 2.34. The van der Waals surface area contributed by atoms with Gasteiger partial charge in [-0.1, -0.05) is 36.4 Å². The Hall–Kier alpha value is -3.85. The number of nitrogens with zero attached hydrogens (tertiary/aromatic N) is 2. The second-order valence-electron chi connectivity index (χ2n) is 10.5. The van der Waals surface area contributed by atoms with Gasteiger partial charge in [0.15, 0.2) is 0 Å². The fraction of sp³-hybridized carbons (Fsp3) is 0.355. The molecule has 210 valence electrons. The third-order valence-electron chi connectivity index (χ3n) is 7.46. The number of amides is 2. The van der Waals surface area contributed by atoms with Crippen LogP contribution in [0, 0.1) is 5.92 Å². The summed E-state index contributed by atoms with van der Waals surface area (Å²) < 4.78 is 51.3. The molecule has 1 unspecified atom stereocenters. The summed E-state index contributed by atoms with van der Waals surface area (Å²) in [5.74, 6) is 0.644. The average Bonchev–Trinajstić information content (AvgIpc) is 2.96. The van der Waals surface area contributed by atoms with Crippen LogP contribution in [0.1, 0.15) is 39.9 Å². The first-order valence-corrected chi connectivity index (χ1v) is 13.3. The molecule has 0 spiro atoms. The van der Waals surface area contributed by atoms with Crippen molar-refractivity contribution in [2.75, 3.05) is 27.2 Å². The summed E-state index contributed by atoms with van der Waals surface area (Å²) >= 11 is 0. The Morgan fingerprint density at radius 1 is 0.950 bits per heavy atom. The largest absolute Gasteiger partial charge is 0.464 e. The molecule has 2 heterocycles. The van der Waals surface area contributed by atoms with Gasteiger partial charge in [0, 0.05) is 44.2 Å². The summed E-state index contributed by atoms with van der Waals surface area (Å²) in [7, 11) is 3.45. The van der Waals surface area contributed by atoms with Crippen molar-refractivity contribution in [3.63, 3.8) is 0 Å². The Morgan fingerprint density at radius 3 is 2.33 bits per heavy atom. The van der Waals surface area contributed by atoms with Crippen LogP contribution in [0.5, 0.6) is 5.75 Å². The topological polar surface area (TPSA) is 59.1 Å². The van der Waals surface area contributed by atoms with Gasteiger partial charge in [-0.2, -0.15) is 13.2 Å². The van der Waals surface area contributed by atoms with Gasteiger partial charge in [-0.15, -0.1) is 0 Å². The number of fused-ring (bicyclic) bond motifs is 1. The van der Waals surface area contributed by atoms with E-state index in [0.717, 1.165) is 34.6 Å². The summed E-state index contributed by atoms with van der Waals surface area (Å²) in [6.07, 6.45) is -3.55. The van der Waals surface area contributed by atoms with Crippen molar-refractivity contribution in [3.05, 3.63) is 89.0 Å². The van der Waals surface area contributed by atoms with Gasteiger partial charge >= 0.3 is 6.18 Å². The zero-order valence-electron chi connectivity index (χ0n) is 22.4. The van der Waals surface area contributed by atoms with Gasteiger partial charge in [0.25, 0.3) is 5.91 Å². The van der Waals surface area contributed by atoms with Crippen LogP contribution in [0.3, 0.4) is 0 Å². The first-order valence-electron chi connectivity index (χ1n) is 13.3. The van der Waals surface area contributed by atoms with Crippen molar-refractivity contribution in [2.24, 2.45) is 5.92 Å². The number of hydrogen-bond donors (Lipinski definition) is 0. The van der Waals surface area contributed by atoms with E-state index in [1.165, 1.54) is 6.07 Å². The van der Waals surface area contributed by atoms with E-state index in [1.54, 1.807) is 30.0 Å². The minimum absolute atomic E-state index is 0.0456. The first kappa shape index (κ1) is 27.7. The van der Waals surface area contributed by atoms with Crippen LogP contribution >= 0.6 is 0 Å². The molecule has 3 aromatic rings.